The van der Waals surface area contributed by atoms with Crippen LogP contribution in [0.15, 0.2) is 48.7 Å². The first kappa shape index (κ1) is 15.6. The maximum Gasteiger partial charge on any atom is 0.255 e. The molecule has 26 heavy (non-hydrogen) atoms. The van der Waals surface area contributed by atoms with E-state index in [-0.39, 0.29) is 11.3 Å². The first-order valence-electron chi connectivity index (χ1n) is 9.32. The molecule has 132 valence electrons. The molecule has 0 radical (unpaired) electrons. The summed E-state index contributed by atoms with van der Waals surface area (Å²) in [5.74, 6) is 1.36. The van der Waals surface area contributed by atoms with Gasteiger partial charge < -0.3 is 4.90 Å². The van der Waals surface area contributed by atoms with Crippen molar-refractivity contribution in [2.45, 2.75) is 32.1 Å². The molecule has 1 amide bonds. The molecule has 5 nitrogen and oxygen atoms in total. The third-order valence-corrected chi connectivity index (χ3v) is 6.31. The van der Waals surface area contributed by atoms with E-state index in [0.29, 0.717) is 11.5 Å². The van der Waals surface area contributed by atoms with E-state index in [1.165, 1.54) is 24.8 Å². The molecule has 1 saturated carbocycles. The van der Waals surface area contributed by atoms with Gasteiger partial charge in [-0.05, 0) is 42.9 Å². The van der Waals surface area contributed by atoms with E-state index in [4.69, 9.17) is 0 Å². The number of nitrogens with zero attached hydrogens (tertiary/aromatic N) is 4. The number of fused-ring (bicyclic) bond motifs is 1. The highest BCUT2D eigenvalue weighted by Gasteiger charge is 2.51. The van der Waals surface area contributed by atoms with E-state index in [9.17, 15) is 4.79 Å². The molecule has 3 heterocycles. The maximum absolute atomic E-state index is 13.2. The third-order valence-electron chi connectivity index (χ3n) is 6.31. The standard InChI is InChI=1S/C21H22N4O/c1-15-22-23-19-9-8-17(12-25(15)19)20(26)24-13-18(16-6-3-2-4-7-16)21(14-24)10-5-11-21/h2-4,6-9,12,18H,5,10-11,13-14H2,1H3. The first-order valence-corrected chi connectivity index (χ1v) is 9.32. The van der Waals surface area contributed by atoms with E-state index in [1.54, 1.807) is 0 Å². The minimum Gasteiger partial charge on any atom is -0.337 e. The summed E-state index contributed by atoms with van der Waals surface area (Å²) in [6, 6.07) is 14.4. The van der Waals surface area contributed by atoms with Crippen LogP contribution in [-0.2, 0) is 0 Å². The molecule has 2 aliphatic rings. The zero-order chi connectivity index (χ0) is 17.7. The third kappa shape index (κ3) is 2.26. The Labute approximate surface area is 152 Å². The Morgan fingerprint density at radius 2 is 1.92 bits per heavy atom. The fourth-order valence-electron chi connectivity index (χ4n) is 4.72. The fourth-order valence-corrected chi connectivity index (χ4v) is 4.72. The smallest absolute Gasteiger partial charge is 0.255 e. The van der Waals surface area contributed by atoms with Gasteiger partial charge in [0, 0.05) is 25.2 Å². The van der Waals surface area contributed by atoms with E-state index < -0.39 is 0 Å². The lowest BCUT2D eigenvalue weighted by molar-refractivity contribution is 0.0725. The molecule has 1 spiro atoms. The van der Waals surface area contributed by atoms with Crippen molar-refractivity contribution in [2.24, 2.45) is 5.41 Å². The number of amides is 1. The molecule has 1 unspecified atom stereocenters. The van der Waals surface area contributed by atoms with Crippen molar-refractivity contribution in [3.63, 3.8) is 0 Å². The van der Waals surface area contributed by atoms with Gasteiger partial charge >= 0.3 is 0 Å². The lowest BCUT2D eigenvalue weighted by Gasteiger charge is -2.43. The number of hydrogen-bond acceptors (Lipinski definition) is 3. The van der Waals surface area contributed by atoms with Crippen LogP contribution in [-0.4, -0.2) is 38.5 Å². The lowest BCUT2D eigenvalue weighted by Crippen LogP contribution is -2.37. The summed E-state index contributed by atoms with van der Waals surface area (Å²) < 4.78 is 1.89. The molecule has 3 aromatic rings. The summed E-state index contributed by atoms with van der Waals surface area (Å²) in [6.45, 7) is 3.57. The highest BCUT2D eigenvalue weighted by Crippen LogP contribution is 2.55. The summed E-state index contributed by atoms with van der Waals surface area (Å²) in [5, 5.41) is 8.18. The molecule has 1 aliphatic carbocycles. The van der Waals surface area contributed by atoms with Gasteiger partial charge in [-0.25, -0.2) is 0 Å². The fraction of sp³-hybridized carbons (Fsp3) is 0.381. The van der Waals surface area contributed by atoms with Crippen LogP contribution in [0.3, 0.4) is 0 Å². The summed E-state index contributed by atoms with van der Waals surface area (Å²) >= 11 is 0. The molecule has 0 bridgehead atoms. The van der Waals surface area contributed by atoms with E-state index in [2.05, 4.69) is 45.4 Å². The predicted molar refractivity (Wildman–Crippen MR) is 99.1 cm³/mol. The van der Waals surface area contributed by atoms with Gasteiger partial charge in [-0.3, -0.25) is 9.20 Å². The second-order valence-electron chi connectivity index (χ2n) is 7.76. The molecule has 1 aromatic carbocycles. The Morgan fingerprint density at radius 1 is 1.12 bits per heavy atom. The van der Waals surface area contributed by atoms with Gasteiger partial charge in [0.1, 0.15) is 5.82 Å². The van der Waals surface area contributed by atoms with Crippen molar-refractivity contribution in [3.05, 3.63) is 65.6 Å². The second kappa shape index (κ2) is 5.66. The summed E-state index contributed by atoms with van der Waals surface area (Å²) in [7, 11) is 0. The molecule has 0 N–H and O–H groups in total. The van der Waals surface area contributed by atoms with E-state index >= 15 is 0 Å². The topological polar surface area (TPSA) is 50.5 Å². The Balaban J connectivity index is 1.46. The molecule has 2 aromatic heterocycles. The minimum atomic E-state index is 0.115. The Bertz CT molecular complexity index is 974. The number of aromatic nitrogens is 3. The first-order chi connectivity index (χ1) is 12.7. The summed E-state index contributed by atoms with van der Waals surface area (Å²) in [6.07, 6.45) is 5.59. The average Bonchev–Trinajstić information content (AvgIpc) is 3.23. The van der Waals surface area contributed by atoms with Crippen LogP contribution < -0.4 is 0 Å². The van der Waals surface area contributed by atoms with Crippen LogP contribution in [0.2, 0.25) is 0 Å². The van der Waals surface area contributed by atoms with Crippen molar-refractivity contribution in [3.8, 4) is 0 Å². The normalized spacial score (nSPS) is 21.3. The van der Waals surface area contributed by atoms with Gasteiger partial charge in [-0.15, -0.1) is 10.2 Å². The van der Waals surface area contributed by atoms with Gasteiger partial charge in [0.05, 0.1) is 5.56 Å². The molecule has 1 atom stereocenters. The van der Waals surface area contributed by atoms with E-state index in [0.717, 1.165) is 24.6 Å². The number of likely N-dealkylation sites (tertiary alicyclic amines) is 1. The van der Waals surface area contributed by atoms with Crippen molar-refractivity contribution >= 4 is 11.6 Å². The molecular formula is C21H22N4O. The Kier molecular flexibility index (Phi) is 3.39. The van der Waals surface area contributed by atoms with Crippen LogP contribution in [0.4, 0.5) is 0 Å². The van der Waals surface area contributed by atoms with Crippen LogP contribution in [0, 0.1) is 12.3 Å². The number of aryl methyl sites for hydroxylation is 1. The zero-order valence-electron chi connectivity index (χ0n) is 14.9. The van der Waals surface area contributed by atoms with Crippen LogP contribution in [0.1, 0.15) is 46.9 Å². The van der Waals surface area contributed by atoms with Crippen molar-refractivity contribution in [1.29, 1.82) is 0 Å². The van der Waals surface area contributed by atoms with Gasteiger partial charge in [-0.1, -0.05) is 36.8 Å². The van der Waals surface area contributed by atoms with Gasteiger partial charge in [0.15, 0.2) is 5.65 Å². The molecule has 5 rings (SSSR count). The van der Waals surface area contributed by atoms with Gasteiger partial charge in [-0.2, -0.15) is 0 Å². The van der Waals surface area contributed by atoms with Gasteiger partial charge in [0.25, 0.3) is 5.91 Å². The van der Waals surface area contributed by atoms with Crippen molar-refractivity contribution in [2.75, 3.05) is 13.1 Å². The second-order valence-corrected chi connectivity index (χ2v) is 7.76. The maximum atomic E-state index is 13.2. The SMILES string of the molecule is Cc1nnc2ccc(C(=O)N3CC(c4ccccc4)C4(CCC4)C3)cn12. The van der Waals surface area contributed by atoms with Crippen LogP contribution in [0.5, 0.6) is 0 Å². The molecule has 2 fully saturated rings. The summed E-state index contributed by atoms with van der Waals surface area (Å²) in [5.41, 5.74) is 3.13. The number of pyridine rings is 1. The zero-order valence-corrected chi connectivity index (χ0v) is 14.9. The molecular weight excluding hydrogens is 324 g/mol. The Morgan fingerprint density at radius 3 is 2.65 bits per heavy atom. The predicted octanol–water partition coefficient (Wildman–Crippen LogP) is 3.45. The monoisotopic (exact) mass is 346 g/mol. The lowest BCUT2D eigenvalue weighted by atomic mass is 9.61. The number of carbonyl (C=O) groups is 1. The van der Waals surface area contributed by atoms with Crippen molar-refractivity contribution in [1.82, 2.24) is 19.5 Å². The van der Waals surface area contributed by atoms with Crippen LogP contribution in [0.25, 0.3) is 5.65 Å². The van der Waals surface area contributed by atoms with Crippen LogP contribution >= 0.6 is 0 Å². The quantitative estimate of drug-likeness (QED) is 0.714. The number of carbonyl (C=O) groups excluding carboxylic acids is 1. The average molecular weight is 346 g/mol. The van der Waals surface area contributed by atoms with Crippen molar-refractivity contribution < 1.29 is 4.79 Å². The minimum absolute atomic E-state index is 0.115. The molecule has 1 saturated heterocycles. The van der Waals surface area contributed by atoms with E-state index in [1.807, 2.05) is 29.7 Å². The highest BCUT2D eigenvalue weighted by molar-refractivity contribution is 5.94. The number of hydrogen-bond donors (Lipinski definition) is 0. The number of rotatable bonds is 2. The summed E-state index contributed by atoms with van der Waals surface area (Å²) in [4.78, 5) is 15.3. The van der Waals surface area contributed by atoms with Gasteiger partial charge in [0.2, 0.25) is 0 Å². The number of benzene rings is 1. The molecule has 1 aliphatic heterocycles. The Hall–Kier alpha value is -2.69. The largest absolute Gasteiger partial charge is 0.337 e. The molecule has 5 heteroatoms. The highest BCUT2D eigenvalue weighted by atomic mass is 16.2.